The molecular formula is C10H8F6O3S. The Morgan fingerprint density at radius 2 is 1.30 bits per heavy atom. The molecule has 0 spiro atoms. The van der Waals surface area contributed by atoms with Crippen molar-refractivity contribution in [2.45, 2.75) is 18.8 Å². The standard InChI is InChI=1S/C10H8F6O3S/c11-9(12,13)7-3-6(1-2-20(17,18)19)4-8(5-7)10(14,15)16/h3-5H,1-2H2,(H,17,18,19). The Kier molecular flexibility index (Phi) is 4.39. The Labute approximate surface area is 110 Å². The maximum atomic E-state index is 12.5. The molecule has 1 aromatic carbocycles. The number of alkyl halides is 6. The first-order valence-corrected chi connectivity index (χ1v) is 6.63. The first-order chi connectivity index (χ1) is 8.79. The summed E-state index contributed by atoms with van der Waals surface area (Å²) in [5.41, 5.74) is -3.54. The summed E-state index contributed by atoms with van der Waals surface area (Å²) in [6.45, 7) is 0. The minimum atomic E-state index is -4.99. The second-order valence-electron chi connectivity index (χ2n) is 3.95. The fourth-order valence-electron chi connectivity index (χ4n) is 1.41. The van der Waals surface area contributed by atoms with Crippen LogP contribution in [-0.2, 0) is 28.9 Å². The van der Waals surface area contributed by atoms with E-state index < -0.39 is 51.3 Å². The van der Waals surface area contributed by atoms with Crippen LogP contribution in [0, 0.1) is 0 Å². The third-order valence-corrected chi connectivity index (χ3v) is 3.02. The average Bonchev–Trinajstić information content (AvgIpc) is 2.22. The zero-order chi connectivity index (χ0) is 15.8. The molecule has 0 unspecified atom stereocenters. The van der Waals surface area contributed by atoms with Crippen molar-refractivity contribution in [3.05, 3.63) is 34.9 Å². The first kappa shape index (κ1) is 16.8. The number of hydrogen-bond acceptors (Lipinski definition) is 2. The molecule has 0 aliphatic heterocycles. The summed E-state index contributed by atoms with van der Waals surface area (Å²) in [6.07, 6.45) is -10.6. The third kappa shape index (κ3) is 5.00. The van der Waals surface area contributed by atoms with Gasteiger partial charge in [-0.15, -0.1) is 0 Å². The molecule has 1 N–H and O–H groups in total. The Morgan fingerprint density at radius 1 is 0.900 bits per heavy atom. The van der Waals surface area contributed by atoms with E-state index in [1.165, 1.54) is 0 Å². The van der Waals surface area contributed by atoms with Crippen LogP contribution in [-0.4, -0.2) is 18.7 Å². The topological polar surface area (TPSA) is 54.4 Å². The van der Waals surface area contributed by atoms with E-state index in [-0.39, 0.29) is 6.07 Å². The van der Waals surface area contributed by atoms with Gasteiger partial charge in [0.1, 0.15) is 0 Å². The molecule has 0 atom stereocenters. The molecule has 0 heterocycles. The molecule has 0 saturated heterocycles. The summed E-state index contributed by atoms with van der Waals surface area (Å²) in [5.74, 6) is -0.967. The lowest BCUT2D eigenvalue weighted by molar-refractivity contribution is -0.143. The van der Waals surface area contributed by atoms with Gasteiger partial charge in [0.05, 0.1) is 16.9 Å². The fraction of sp³-hybridized carbons (Fsp3) is 0.400. The van der Waals surface area contributed by atoms with Crippen molar-refractivity contribution in [2.24, 2.45) is 0 Å². The van der Waals surface area contributed by atoms with E-state index in [4.69, 9.17) is 4.55 Å². The first-order valence-electron chi connectivity index (χ1n) is 5.02. The maximum absolute atomic E-state index is 12.5. The molecule has 0 aromatic heterocycles. The monoisotopic (exact) mass is 322 g/mol. The van der Waals surface area contributed by atoms with Gasteiger partial charge >= 0.3 is 12.4 Å². The van der Waals surface area contributed by atoms with Crippen molar-refractivity contribution in [2.75, 3.05) is 5.75 Å². The largest absolute Gasteiger partial charge is 0.416 e. The lowest BCUT2D eigenvalue weighted by atomic mass is 10.0. The molecule has 0 fully saturated rings. The summed E-state index contributed by atoms with van der Waals surface area (Å²) in [4.78, 5) is 0. The number of hydrogen-bond donors (Lipinski definition) is 1. The zero-order valence-electron chi connectivity index (χ0n) is 9.59. The van der Waals surface area contributed by atoms with Crippen LogP contribution in [0.25, 0.3) is 0 Å². The molecular weight excluding hydrogens is 314 g/mol. The third-order valence-electron chi connectivity index (χ3n) is 2.30. The SMILES string of the molecule is O=S(=O)(O)CCc1cc(C(F)(F)F)cc(C(F)(F)F)c1. The molecule has 0 aliphatic rings. The molecule has 0 aliphatic carbocycles. The highest BCUT2D eigenvalue weighted by Gasteiger charge is 2.36. The molecule has 0 saturated carbocycles. The second-order valence-corrected chi connectivity index (χ2v) is 5.52. The molecule has 20 heavy (non-hydrogen) atoms. The van der Waals surface area contributed by atoms with Crippen LogP contribution in [0.4, 0.5) is 26.3 Å². The van der Waals surface area contributed by atoms with Gasteiger partial charge in [-0.1, -0.05) is 0 Å². The zero-order valence-corrected chi connectivity index (χ0v) is 10.4. The smallest absolute Gasteiger partial charge is 0.286 e. The lowest BCUT2D eigenvalue weighted by Gasteiger charge is -2.13. The molecule has 3 nitrogen and oxygen atoms in total. The molecule has 0 radical (unpaired) electrons. The quantitative estimate of drug-likeness (QED) is 0.687. The number of halogens is 6. The molecule has 1 aromatic rings. The van der Waals surface area contributed by atoms with Crippen molar-refractivity contribution in [3.63, 3.8) is 0 Å². The summed E-state index contributed by atoms with van der Waals surface area (Å²) >= 11 is 0. The van der Waals surface area contributed by atoms with Crippen LogP contribution in [0.5, 0.6) is 0 Å². The van der Waals surface area contributed by atoms with Gasteiger partial charge in [-0.3, -0.25) is 4.55 Å². The molecule has 114 valence electrons. The van der Waals surface area contributed by atoms with Crippen LogP contribution in [0.2, 0.25) is 0 Å². The van der Waals surface area contributed by atoms with Crippen molar-refractivity contribution < 1.29 is 39.3 Å². The normalized spacial score (nSPS) is 13.6. The van der Waals surface area contributed by atoms with Crippen molar-refractivity contribution in [1.82, 2.24) is 0 Å². The van der Waals surface area contributed by atoms with E-state index in [1.54, 1.807) is 0 Å². The fourth-order valence-corrected chi connectivity index (χ4v) is 1.90. The summed E-state index contributed by atoms with van der Waals surface area (Å²) in [5, 5.41) is 0. The Bertz CT molecular complexity index is 556. The number of rotatable bonds is 3. The maximum Gasteiger partial charge on any atom is 0.416 e. The minimum absolute atomic E-state index is 0.0586. The Morgan fingerprint density at radius 3 is 1.60 bits per heavy atom. The molecule has 1 rings (SSSR count). The minimum Gasteiger partial charge on any atom is -0.286 e. The number of benzene rings is 1. The molecule has 0 amide bonds. The van der Waals surface area contributed by atoms with Gasteiger partial charge < -0.3 is 0 Å². The predicted octanol–water partition coefficient (Wildman–Crippen LogP) is 3.15. The number of aryl methyl sites for hydroxylation is 1. The lowest BCUT2D eigenvalue weighted by Crippen LogP contribution is -2.13. The van der Waals surface area contributed by atoms with E-state index >= 15 is 0 Å². The van der Waals surface area contributed by atoms with Gasteiger partial charge in [-0.25, -0.2) is 0 Å². The average molecular weight is 322 g/mol. The Hall–Kier alpha value is -1.29. The highest BCUT2D eigenvalue weighted by atomic mass is 32.2. The van der Waals surface area contributed by atoms with E-state index in [1.807, 2.05) is 0 Å². The Balaban J connectivity index is 3.24. The van der Waals surface area contributed by atoms with Gasteiger partial charge in [-0.2, -0.15) is 34.8 Å². The van der Waals surface area contributed by atoms with Gasteiger partial charge in [0.15, 0.2) is 0 Å². The summed E-state index contributed by atoms with van der Waals surface area (Å²) < 4.78 is 104. The van der Waals surface area contributed by atoms with E-state index in [9.17, 15) is 34.8 Å². The highest BCUT2D eigenvalue weighted by molar-refractivity contribution is 7.85. The highest BCUT2D eigenvalue weighted by Crippen LogP contribution is 2.36. The molecule has 10 heteroatoms. The van der Waals surface area contributed by atoms with Crippen LogP contribution in [0.1, 0.15) is 16.7 Å². The second kappa shape index (κ2) is 5.24. The van der Waals surface area contributed by atoms with Crippen molar-refractivity contribution >= 4 is 10.1 Å². The van der Waals surface area contributed by atoms with Crippen LogP contribution in [0.3, 0.4) is 0 Å². The van der Waals surface area contributed by atoms with Crippen molar-refractivity contribution in [3.8, 4) is 0 Å². The van der Waals surface area contributed by atoms with Gasteiger partial charge in [-0.05, 0) is 30.2 Å². The van der Waals surface area contributed by atoms with E-state index in [0.717, 1.165) is 0 Å². The van der Waals surface area contributed by atoms with Gasteiger partial charge in [0.25, 0.3) is 10.1 Å². The predicted molar refractivity (Wildman–Crippen MR) is 56.6 cm³/mol. The van der Waals surface area contributed by atoms with Crippen LogP contribution < -0.4 is 0 Å². The summed E-state index contributed by atoms with van der Waals surface area (Å²) in [6, 6.07) is 0.776. The van der Waals surface area contributed by atoms with Gasteiger partial charge in [0, 0.05) is 0 Å². The summed E-state index contributed by atoms with van der Waals surface area (Å²) in [7, 11) is -4.48. The van der Waals surface area contributed by atoms with Crippen LogP contribution in [0.15, 0.2) is 18.2 Å². The van der Waals surface area contributed by atoms with E-state index in [0.29, 0.717) is 12.1 Å². The van der Waals surface area contributed by atoms with Gasteiger partial charge in [0.2, 0.25) is 0 Å². The van der Waals surface area contributed by atoms with Crippen molar-refractivity contribution in [1.29, 1.82) is 0 Å². The van der Waals surface area contributed by atoms with E-state index in [2.05, 4.69) is 0 Å². The molecule has 0 bridgehead atoms. The van der Waals surface area contributed by atoms with Crippen LogP contribution >= 0.6 is 0 Å².